The third kappa shape index (κ3) is 4.28. The molecule has 7 heteroatoms. The smallest absolute Gasteiger partial charge is 0.317 e. The van der Waals surface area contributed by atoms with E-state index in [1.807, 2.05) is 31.2 Å². The molecule has 5 nitrogen and oxygen atoms in total. The van der Waals surface area contributed by atoms with E-state index in [0.717, 1.165) is 10.0 Å². The first kappa shape index (κ1) is 16.5. The summed E-state index contributed by atoms with van der Waals surface area (Å²) in [5.74, 6) is -0.759. The predicted octanol–water partition coefficient (Wildman–Crippen LogP) is 2.08. The van der Waals surface area contributed by atoms with E-state index in [1.54, 1.807) is 4.90 Å². The molecule has 0 aliphatic carbocycles. The molecule has 0 saturated carbocycles. The number of carboxylic acids is 1. The Balaban J connectivity index is 2.23. The molecule has 1 aromatic carbocycles. The van der Waals surface area contributed by atoms with Gasteiger partial charge in [0, 0.05) is 16.6 Å². The van der Waals surface area contributed by atoms with Crippen molar-refractivity contribution < 1.29 is 18.3 Å². The van der Waals surface area contributed by atoms with Gasteiger partial charge in [-0.05, 0) is 31.0 Å². The number of rotatable bonds is 5. The van der Waals surface area contributed by atoms with Crippen LogP contribution in [-0.2, 0) is 14.6 Å². The number of benzene rings is 1. The highest BCUT2D eigenvalue weighted by Gasteiger charge is 2.35. The average Bonchev–Trinajstić information content (AvgIpc) is 2.76. The monoisotopic (exact) mass is 375 g/mol. The average molecular weight is 376 g/mol. The van der Waals surface area contributed by atoms with Gasteiger partial charge < -0.3 is 5.11 Å². The summed E-state index contributed by atoms with van der Waals surface area (Å²) in [6, 6.07) is 7.27. The standard InChI is InChI=1S/C14H18BrNO4S/c1-10(11-2-4-12(15)5-3-11)16(8-14(17)18)13-6-7-21(19,20)9-13/h2-5,10,13H,6-9H2,1H3,(H,17,18). The molecule has 1 heterocycles. The van der Waals surface area contributed by atoms with Gasteiger partial charge in [0.05, 0.1) is 18.1 Å². The molecular formula is C14H18BrNO4S. The normalized spacial score (nSPS) is 22.3. The first-order chi connectivity index (χ1) is 9.78. The van der Waals surface area contributed by atoms with Gasteiger partial charge >= 0.3 is 5.97 Å². The molecule has 1 N–H and O–H groups in total. The van der Waals surface area contributed by atoms with Crippen LogP contribution in [0.4, 0.5) is 0 Å². The van der Waals surface area contributed by atoms with Gasteiger partial charge in [-0.2, -0.15) is 0 Å². The van der Waals surface area contributed by atoms with E-state index < -0.39 is 15.8 Å². The molecular weight excluding hydrogens is 358 g/mol. The summed E-state index contributed by atoms with van der Waals surface area (Å²) in [4.78, 5) is 12.9. The Morgan fingerprint density at radius 1 is 1.43 bits per heavy atom. The van der Waals surface area contributed by atoms with Crippen molar-refractivity contribution >= 4 is 31.7 Å². The van der Waals surface area contributed by atoms with E-state index in [0.29, 0.717) is 6.42 Å². The summed E-state index contributed by atoms with van der Waals surface area (Å²) in [5, 5.41) is 9.12. The van der Waals surface area contributed by atoms with E-state index in [-0.39, 0.29) is 30.1 Å². The van der Waals surface area contributed by atoms with Gasteiger partial charge in [0.15, 0.2) is 9.84 Å². The zero-order valence-electron chi connectivity index (χ0n) is 11.7. The van der Waals surface area contributed by atoms with Gasteiger partial charge in [-0.15, -0.1) is 0 Å². The molecule has 0 radical (unpaired) electrons. The number of carbonyl (C=O) groups is 1. The number of hydrogen-bond acceptors (Lipinski definition) is 4. The minimum Gasteiger partial charge on any atom is -0.480 e. The minimum atomic E-state index is -3.04. The zero-order chi connectivity index (χ0) is 15.6. The first-order valence-corrected chi connectivity index (χ1v) is 9.33. The Bertz CT molecular complexity index is 614. The number of halogens is 1. The van der Waals surface area contributed by atoms with Crippen molar-refractivity contribution in [2.24, 2.45) is 0 Å². The molecule has 21 heavy (non-hydrogen) atoms. The lowest BCUT2D eigenvalue weighted by Crippen LogP contribution is -2.41. The van der Waals surface area contributed by atoms with Gasteiger partial charge in [0.2, 0.25) is 0 Å². The number of nitrogens with zero attached hydrogens (tertiary/aromatic N) is 1. The van der Waals surface area contributed by atoms with Gasteiger partial charge in [0.25, 0.3) is 0 Å². The molecule has 2 rings (SSSR count). The third-order valence-electron chi connectivity index (χ3n) is 3.85. The zero-order valence-corrected chi connectivity index (χ0v) is 14.1. The lowest BCUT2D eigenvalue weighted by atomic mass is 10.0. The maximum Gasteiger partial charge on any atom is 0.317 e. The number of sulfone groups is 1. The van der Waals surface area contributed by atoms with Crippen LogP contribution in [0.15, 0.2) is 28.7 Å². The van der Waals surface area contributed by atoms with Crippen LogP contribution < -0.4 is 0 Å². The molecule has 2 atom stereocenters. The topological polar surface area (TPSA) is 74.7 Å². The molecule has 1 saturated heterocycles. The van der Waals surface area contributed by atoms with E-state index >= 15 is 0 Å². The highest BCUT2D eigenvalue weighted by molar-refractivity contribution is 9.10. The molecule has 116 valence electrons. The molecule has 0 aromatic heterocycles. The second-order valence-corrected chi connectivity index (χ2v) is 8.49. The molecule has 1 aromatic rings. The summed E-state index contributed by atoms with van der Waals surface area (Å²) in [7, 11) is -3.04. The second kappa shape index (κ2) is 6.46. The van der Waals surface area contributed by atoms with Crippen molar-refractivity contribution in [2.75, 3.05) is 18.1 Å². The molecule has 2 unspecified atom stereocenters. The predicted molar refractivity (Wildman–Crippen MR) is 84.0 cm³/mol. The maximum absolute atomic E-state index is 11.7. The Kier molecular flexibility index (Phi) is 5.06. The Morgan fingerprint density at radius 3 is 2.52 bits per heavy atom. The van der Waals surface area contributed by atoms with E-state index in [1.165, 1.54) is 0 Å². The fourth-order valence-electron chi connectivity index (χ4n) is 2.71. The molecule has 0 bridgehead atoms. The molecule has 0 spiro atoms. The van der Waals surface area contributed by atoms with Crippen LogP contribution >= 0.6 is 15.9 Å². The maximum atomic E-state index is 11.7. The largest absolute Gasteiger partial charge is 0.480 e. The molecule has 0 amide bonds. The summed E-state index contributed by atoms with van der Waals surface area (Å²) in [5.41, 5.74) is 0.976. The lowest BCUT2D eigenvalue weighted by Gasteiger charge is -2.32. The van der Waals surface area contributed by atoms with E-state index in [9.17, 15) is 13.2 Å². The van der Waals surface area contributed by atoms with Crippen LogP contribution in [-0.4, -0.2) is 48.5 Å². The summed E-state index contributed by atoms with van der Waals surface area (Å²) < 4.78 is 24.3. The van der Waals surface area contributed by atoms with Crippen LogP contribution in [0.3, 0.4) is 0 Å². The van der Waals surface area contributed by atoms with Crippen molar-refractivity contribution in [3.05, 3.63) is 34.3 Å². The van der Waals surface area contributed by atoms with Gasteiger partial charge in [-0.3, -0.25) is 9.69 Å². The second-order valence-electron chi connectivity index (χ2n) is 5.35. The molecule has 1 aliphatic heterocycles. The van der Waals surface area contributed by atoms with Crippen molar-refractivity contribution in [1.29, 1.82) is 0 Å². The van der Waals surface area contributed by atoms with Crippen LogP contribution in [0.1, 0.15) is 24.9 Å². The van der Waals surface area contributed by atoms with Gasteiger partial charge in [-0.1, -0.05) is 28.1 Å². The van der Waals surface area contributed by atoms with Gasteiger partial charge in [-0.25, -0.2) is 8.42 Å². The number of hydrogen-bond donors (Lipinski definition) is 1. The van der Waals surface area contributed by atoms with Crippen molar-refractivity contribution in [3.63, 3.8) is 0 Å². The van der Waals surface area contributed by atoms with Crippen molar-refractivity contribution in [2.45, 2.75) is 25.4 Å². The quantitative estimate of drug-likeness (QED) is 0.852. The third-order valence-corrected chi connectivity index (χ3v) is 6.12. The van der Waals surface area contributed by atoms with Crippen LogP contribution in [0, 0.1) is 0 Å². The fourth-order valence-corrected chi connectivity index (χ4v) is 4.71. The van der Waals surface area contributed by atoms with Crippen LogP contribution in [0.2, 0.25) is 0 Å². The SMILES string of the molecule is CC(c1ccc(Br)cc1)N(CC(=O)O)C1CCS(=O)(=O)C1. The van der Waals surface area contributed by atoms with Crippen molar-refractivity contribution in [1.82, 2.24) is 4.90 Å². The van der Waals surface area contributed by atoms with Crippen LogP contribution in [0.25, 0.3) is 0 Å². The fraction of sp³-hybridized carbons (Fsp3) is 0.500. The van der Waals surface area contributed by atoms with E-state index in [4.69, 9.17) is 5.11 Å². The number of carboxylic acid groups (broad SMARTS) is 1. The lowest BCUT2D eigenvalue weighted by molar-refractivity contribution is -0.139. The Morgan fingerprint density at radius 2 is 2.05 bits per heavy atom. The first-order valence-electron chi connectivity index (χ1n) is 6.72. The summed E-state index contributed by atoms with van der Waals surface area (Å²) >= 11 is 3.37. The summed E-state index contributed by atoms with van der Waals surface area (Å²) in [6.07, 6.45) is 0.497. The molecule has 1 fully saturated rings. The number of aliphatic carboxylic acids is 1. The highest BCUT2D eigenvalue weighted by atomic mass is 79.9. The van der Waals surface area contributed by atoms with E-state index in [2.05, 4.69) is 15.9 Å². The Hall–Kier alpha value is -0.920. The highest BCUT2D eigenvalue weighted by Crippen LogP contribution is 2.28. The van der Waals surface area contributed by atoms with Crippen LogP contribution in [0.5, 0.6) is 0 Å². The summed E-state index contributed by atoms with van der Waals surface area (Å²) in [6.45, 7) is 1.76. The van der Waals surface area contributed by atoms with Crippen molar-refractivity contribution in [3.8, 4) is 0 Å². The Labute approximate surface area is 133 Å². The molecule has 1 aliphatic rings. The minimum absolute atomic E-state index is 0.0428. The van der Waals surface area contributed by atoms with Gasteiger partial charge in [0.1, 0.15) is 0 Å².